The minimum absolute atomic E-state index is 0.0301. The molecule has 27 heavy (non-hydrogen) atoms. The predicted molar refractivity (Wildman–Crippen MR) is 101 cm³/mol. The van der Waals surface area contributed by atoms with Crippen molar-refractivity contribution in [2.75, 3.05) is 5.32 Å². The van der Waals surface area contributed by atoms with E-state index in [4.69, 9.17) is 4.84 Å². The highest BCUT2D eigenvalue weighted by molar-refractivity contribution is 6.04. The molecule has 138 valence electrons. The van der Waals surface area contributed by atoms with Crippen molar-refractivity contribution in [3.05, 3.63) is 99.2 Å². The number of amides is 1. The van der Waals surface area contributed by atoms with Gasteiger partial charge in [-0.25, -0.2) is 4.39 Å². The summed E-state index contributed by atoms with van der Waals surface area (Å²) >= 11 is 0. The molecule has 1 heterocycles. The number of hydrogen-bond acceptors (Lipinski definition) is 3. The lowest BCUT2D eigenvalue weighted by molar-refractivity contribution is 0.0863. The molecule has 0 aliphatic carbocycles. The monoisotopic (exact) mass is 366 g/mol. The lowest BCUT2D eigenvalue weighted by Crippen LogP contribution is -2.32. The number of aromatic nitrogens is 1. The van der Waals surface area contributed by atoms with E-state index in [-0.39, 0.29) is 18.0 Å². The van der Waals surface area contributed by atoms with Gasteiger partial charge in [0, 0.05) is 11.9 Å². The van der Waals surface area contributed by atoms with Crippen LogP contribution < -0.4 is 15.7 Å². The third-order valence-electron chi connectivity index (χ3n) is 4.30. The summed E-state index contributed by atoms with van der Waals surface area (Å²) in [4.78, 5) is 30.5. The smallest absolute Gasteiger partial charge is 0.295 e. The molecule has 0 atom stereocenters. The summed E-state index contributed by atoms with van der Waals surface area (Å²) in [7, 11) is 0. The molecule has 0 bridgehead atoms. The van der Waals surface area contributed by atoms with Gasteiger partial charge in [-0.05, 0) is 60.9 Å². The maximum absolute atomic E-state index is 12.9. The summed E-state index contributed by atoms with van der Waals surface area (Å²) < 4.78 is 13.9. The summed E-state index contributed by atoms with van der Waals surface area (Å²) in [5, 5.41) is 2.77. The summed E-state index contributed by atoms with van der Waals surface area (Å²) in [5.74, 6) is -0.852. The van der Waals surface area contributed by atoms with Crippen molar-refractivity contribution in [2.45, 2.75) is 20.5 Å². The van der Waals surface area contributed by atoms with Gasteiger partial charge in [-0.1, -0.05) is 24.3 Å². The van der Waals surface area contributed by atoms with Gasteiger partial charge in [0.15, 0.2) is 0 Å². The number of pyridine rings is 1. The lowest BCUT2D eigenvalue weighted by atomic mass is 10.1. The number of anilines is 1. The van der Waals surface area contributed by atoms with E-state index < -0.39 is 11.5 Å². The largest absolute Gasteiger partial charge is 0.406 e. The van der Waals surface area contributed by atoms with E-state index in [1.807, 2.05) is 26.0 Å². The molecular formula is C21H19FN2O3. The van der Waals surface area contributed by atoms with Crippen LogP contribution in [0.4, 0.5) is 10.1 Å². The Hall–Kier alpha value is -3.41. The molecule has 0 saturated heterocycles. The second-order valence-electron chi connectivity index (χ2n) is 6.15. The van der Waals surface area contributed by atoms with E-state index in [0.29, 0.717) is 11.3 Å². The first-order valence-corrected chi connectivity index (χ1v) is 8.42. The molecule has 0 unspecified atom stereocenters. The van der Waals surface area contributed by atoms with Crippen molar-refractivity contribution in [3.63, 3.8) is 0 Å². The van der Waals surface area contributed by atoms with Crippen molar-refractivity contribution in [3.8, 4) is 0 Å². The van der Waals surface area contributed by atoms with Gasteiger partial charge < -0.3 is 10.2 Å². The second kappa shape index (κ2) is 7.86. The number of aryl methyl sites for hydroxylation is 1. The lowest BCUT2D eigenvalue weighted by Gasteiger charge is -2.12. The SMILES string of the molecule is Cc1cccc(NC(=O)c2cccn(OCc3ccc(F)cc3)c2=O)c1C. The maximum atomic E-state index is 12.9. The van der Waals surface area contributed by atoms with Crippen LogP contribution in [-0.4, -0.2) is 10.6 Å². The van der Waals surface area contributed by atoms with Crippen LogP contribution >= 0.6 is 0 Å². The van der Waals surface area contributed by atoms with Gasteiger partial charge in [0.1, 0.15) is 18.0 Å². The second-order valence-corrected chi connectivity index (χ2v) is 6.15. The van der Waals surface area contributed by atoms with Crippen LogP contribution in [0.15, 0.2) is 65.6 Å². The molecule has 0 aliphatic rings. The van der Waals surface area contributed by atoms with E-state index in [0.717, 1.165) is 15.9 Å². The molecule has 5 nitrogen and oxygen atoms in total. The van der Waals surface area contributed by atoms with Gasteiger partial charge in [0.2, 0.25) is 0 Å². The van der Waals surface area contributed by atoms with Gasteiger partial charge in [0.05, 0.1) is 0 Å². The first kappa shape index (κ1) is 18.4. The zero-order chi connectivity index (χ0) is 19.4. The van der Waals surface area contributed by atoms with Crippen molar-refractivity contribution in [1.82, 2.24) is 4.73 Å². The predicted octanol–water partition coefficient (Wildman–Crippen LogP) is 3.49. The fraction of sp³-hybridized carbons (Fsp3) is 0.143. The Morgan fingerprint density at radius 3 is 2.56 bits per heavy atom. The Balaban J connectivity index is 1.77. The number of rotatable bonds is 5. The molecule has 0 spiro atoms. The number of carbonyl (C=O) groups excluding carboxylic acids is 1. The molecule has 3 aromatic rings. The topological polar surface area (TPSA) is 60.3 Å². The van der Waals surface area contributed by atoms with Crippen molar-refractivity contribution >= 4 is 11.6 Å². The number of halogens is 1. The molecule has 3 rings (SSSR count). The van der Waals surface area contributed by atoms with E-state index in [2.05, 4.69) is 5.32 Å². The minimum Gasteiger partial charge on any atom is -0.406 e. The molecule has 6 heteroatoms. The molecule has 1 N–H and O–H groups in total. The summed E-state index contributed by atoms with van der Waals surface area (Å²) in [6.07, 6.45) is 1.43. The first-order valence-electron chi connectivity index (χ1n) is 8.42. The average Bonchev–Trinajstić information content (AvgIpc) is 2.66. The highest BCUT2D eigenvalue weighted by Crippen LogP contribution is 2.18. The molecule has 0 aliphatic heterocycles. The van der Waals surface area contributed by atoms with E-state index in [9.17, 15) is 14.0 Å². The highest BCUT2D eigenvalue weighted by Gasteiger charge is 2.14. The average molecular weight is 366 g/mol. The van der Waals surface area contributed by atoms with E-state index in [1.54, 1.807) is 24.3 Å². The molecule has 0 saturated carbocycles. The molecule has 0 radical (unpaired) electrons. The number of carbonyl (C=O) groups is 1. The fourth-order valence-electron chi connectivity index (χ4n) is 2.55. The fourth-order valence-corrected chi connectivity index (χ4v) is 2.55. The van der Waals surface area contributed by atoms with Gasteiger partial charge >= 0.3 is 0 Å². The maximum Gasteiger partial charge on any atom is 0.295 e. The Kier molecular flexibility index (Phi) is 5.35. The van der Waals surface area contributed by atoms with Gasteiger partial charge in [-0.2, -0.15) is 4.73 Å². The van der Waals surface area contributed by atoms with Crippen LogP contribution in [0.25, 0.3) is 0 Å². The highest BCUT2D eigenvalue weighted by atomic mass is 19.1. The number of hydrogen-bond donors (Lipinski definition) is 1. The van der Waals surface area contributed by atoms with Crippen LogP contribution in [0.1, 0.15) is 27.0 Å². The standard InChI is InChI=1S/C21H19FN2O3/c1-14-5-3-7-19(15(14)2)23-20(25)18-6-4-12-24(21(18)26)27-13-16-8-10-17(22)11-9-16/h3-12H,13H2,1-2H3,(H,23,25). The van der Waals surface area contributed by atoms with Crippen molar-refractivity contribution < 1.29 is 14.0 Å². The molecule has 1 aromatic heterocycles. The Labute approximate surface area is 156 Å². The molecule has 1 amide bonds. The zero-order valence-electron chi connectivity index (χ0n) is 15.0. The van der Waals surface area contributed by atoms with Gasteiger partial charge in [0.25, 0.3) is 11.5 Å². The molecule has 2 aromatic carbocycles. The Morgan fingerprint density at radius 2 is 1.81 bits per heavy atom. The van der Waals surface area contributed by atoms with E-state index >= 15 is 0 Å². The third kappa shape index (κ3) is 4.23. The Bertz CT molecular complexity index is 1030. The van der Waals surface area contributed by atoms with Gasteiger partial charge in [-0.3, -0.25) is 9.59 Å². The quantitative estimate of drug-likeness (QED) is 0.752. The van der Waals surface area contributed by atoms with Crippen molar-refractivity contribution in [2.24, 2.45) is 0 Å². The first-order chi connectivity index (χ1) is 13.0. The number of benzene rings is 2. The van der Waals surface area contributed by atoms with Crippen LogP contribution in [-0.2, 0) is 6.61 Å². The zero-order valence-corrected chi connectivity index (χ0v) is 15.0. The summed E-state index contributed by atoms with van der Waals surface area (Å²) in [6.45, 7) is 3.92. The Morgan fingerprint density at radius 1 is 1.07 bits per heavy atom. The van der Waals surface area contributed by atoms with Crippen LogP contribution in [0.2, 0.25) is 0 Å². The summed E-state index contributed by atoms with van der Waals surface area (Å²) in [5.41, 5.74) is 2.74. The number of nitrogens with zero attached hydrogens (tertiary/aromatic N) is 1. The molecular weight excluding hydrogens is 347 g/mol. The minimum atomic E-state index is -0.567. The van der Waals surface area contributed by atoms with Crippen molar-refractivity contribution in [1.29, 1.82) is 0 Å². The van der Waals surface area contributed by atoms with Crippen LogP contribution in [0.3, 0.4) is 0 Å². The number of nitrogens with one attached hydrogen (secondary N) is 1. The normalized spacial score (nSPS) is 10.5. The van der Waals surface area contributed by atoms with Gasteiger partial charge in [-0.15, -0.1) is 0 Å². The third-order valence-corrected chi connectivity index (χ3v) is 4.30. The molecule has 0 fully saturated rings. The summed E-state index contributed by atoms with van der Waals surface area (Å²) in [6, 6.07) is 14.3. The van der Waals surface area contributed by atoms with E-state index in [1.165, 1.54) is 24.4 Å². The van der Waals surface area contributed by atoms with Crippen LogP contribution in [0, 0.1) is 19.7 Å². The van der Waals surface area contributed by atoms with Crippen LogP contribution in [0.5, 0.6) is 0 Å².